The lowest BCUT2D eigenvalue weighted by Gasteiger charge is -2.10. The SMILES string of the molecule is Nc1cccc(OCCOc2cc(F)c(Cl)cc2Br)c1. The molecule has 0 saturated heterocycles. The van der Waals surface area contributed by atoms with Crippen LogP contribution < -0.4 is 15.2 Å². The number of nitrogen functional groups attached to an aromatic ring is 1. The van der Waals surface area contributed by atoms with Gasteiger partial charge in [-0.1, -0.05) is 17.7 Å². The fourth-order valence-corrected chi connectivity index (χ4v) is 2.28. The maximum atomic E-state index is 13.3. The first-order valence-corrected chi connectivity index (χ1v) is 6.99. The molecule has 6 heteroatoms. The second-order valence-corrected chi connectivity index (χ2v) is 5.23. The number of halogens is 3. The largest absolute Gasteiger partial charge is 0.490 e. The zero-order chi connectivity index (χ0) is 14.5. The lowest BCUT2D eigenvalue weighted by molar-refractivity contribution is 0.216. The van der Waals surface area contributed by atoms with Gasteiger partial charge in [0.2, 0.25) is 0 Å². The van der Waals surface area contributed by atoms with E-state index in [1.807, 2.05) is 0 Å². The fourth-order valence-electron chi connectivity index (χ4n) is 1.53. The van der Waals surface area contributed by atoms with Gasteiger partial charge in [-0.2, -0.15) is 0 Å². The minimum atomic E-state index is -0.526. The van der Waals surface area contributed by atoms with Gasteiger partial charge in [0.1, 0.15) is 30.5 Å². The number of hydrogen-bond donors (Lipinski definition) is 1. The monoisotopic (exact) mass is 359 g/mol. The molecule has 0 bridgehead atoms. The Bertz CT molecular complexity index is 610. The second-order valence-electron chi connectivity index (χ2n) is 3.97. The Balaban J connectivity index is 1.86. The smallest absolute Gasteiger partial charge is 0.145 e. The van der Waals surface area contributed by atoms with Crippen LogP contribution in [0.25, 0.3) is 0 Å². The molecular formula is C14H12BrClFNO2. The van der Waals surface area contributed by atoms with Crippen molar-refractivity contribution in [3.05, 3.63) is 51.7 Å². The molecule has 0 aliphatic carbocycles. The maximum Gasteiger partial charge on any atom is 0.145 e. The Labute approximate surface area is 129 Å². The molecule has 0 amide bonds. The Hall–Kier alpha value is -1.46. The highest BCUT2D eigenvalue weighted by molar-refractivity contribution is 9.10. The molecular weight excluding hydrogens is 349 g/mol. The second kappa shape index (κ2) is 6.81. The van der Waals surface area contributed by atoms with Crippen molar-refractivity contribution in [1.82, 2.24) is 0 Å². The summed E-state index contributed by atoms with van der Waals surface area (Å²) in [6, 6.07) is 9.78. The van der Waals surface area contributed by atoms with E-state index in [1.165, 1.54) is 12.1 Å². The van der Waals surface area contributed by atoms with Crippen molar-refractivity contribution < 1.29 is 13.9 Å². The first kappa shape index (κ1) is 14.9. The van der Waals surface area contributed by atoms with E-state index in [0.717, 1.165) is 0 Å². The molecule has 0 radical (unpaired) electrons. The summed E-state index contributed by atoms with van der Waals surface area (Å²) in [5.74, 6) is 0.514. The van der Waals surface area contributed by atoms with E-state index in [1.54, 1.807) is 24.3 Å². The van der Waals surface area contributed by atoms with Crippen LogP contribution >= 0.6 is 27.5 Å². The van der Waals surface area contributed by atoms with Gasteiger partial charge in [-0.05, 0) is 34.1 Å². The van der Waals surface area contributed by atoms with Crippen molar-refractivity contribution in [3.63, 3.8) is 0 Å². The number of benzene rings is 2. The molecule has 0 spiro atoms. The summed E-state index contributed by atoms with van der Waals surface area (Å²) in [5.41, 5.74) is 6.26. The van der Waals surface area contributed by atoms with Gasteiger partial charge in [-0.3, -0.25) is 0 Å². The van der Waals surface area contributed by atoms with Gasteiger partial charge < -0.3 is 15.2 Å². The molecule has 2 N–H and O–H groups in total. The highest BCUT2D eigenvalue weighted by Crippen LogP contribution is 2.30. The topological polar surface area (TPSA) is 44.5 Å². The third kappa shape index (κ3) is 4.02. The number of nitrogens with two attached hydrogens (primary N) is 1. The predicted octanol–water partition coefficient (Wildman–Crippen LogP) is 4.28. The average Bonchev–Trinajstić information content (AvgIpc) is 2.40. The van der Waals surface area contributed by atoms with Crippen LogP contribution in [0, 0.1) is 5.82 Å². The Kier molecular flexibility index (Phi) is 5.09. The Morgan fingerprint density at radius 2 is 1.90 bits per heavy atom. The normalized spacial score (nSPS) is 10.3. The summed E-state index contributed by atoms with van der Waals surface area (Å²) in [6.07, 6.45) is 0. The quantitative estimate of drug-likeness (QED) is 0.492. The molecule has 0 heterocycles. The summed E-state index contributed by atoms with van der Waals surface area (Å²) in [7, 11) is 0. The van der Waals surface area contributed by atoms with Crippen LogP contribution in [0.1, 0.15) is 0 Å². The predicted molar refractivity (Wildman–Crippen MR) is 81.0 cm³/mol. The van der Waals surface area contributed by atoms with Crippen LogP contribution in [0.4, 0.5) is 10.1 Å². The molecule has 3 nitrogen and oxygen atoms in total. The zero-order valence-corrected chi connectivity index (χ0v) is 12.7. The molecule has 2 rings (SSSR count). The van der Waals surface area contributed by atoms with Crippen molar-refractivity contribution in [2.24, 2.45) is 0 Å². The van der Waals surface area contributed by atoms with E-state index < -0.39 is 5.82 Å². The number of anilines is 1. The van der Waals surface area contributed by atoms with Crippen LogP contribution in [-0.2, 0) is 0 Å². The standard InChI is InChI=1S/C14H12BrClFNO2/c15-11-7-12(16)13(17)8-14(11)20-5-4-19-10-3-1-2-9(18)6-10/h1-3,6-8H,4-5,18H2. The number of ether oxygens (including phenoxy) is 2. The van der Waals surface area contributed by atoms with Crippen LogP contribution in [0.15, 0.2) is 40.9 Å². The van der Waals surface area contributed by atoms with E-state index in [-0.39, 0.29) is 11.6 Å². The maximum absolute atomic E-state index is 13.3. The first-order chi connectivity index (χ1) is 9.56. The summed E-state index contributed by atoms with van der Waals surface area (Å²) >= 11 is 8.90. The molecule has 0 fully saturated rings. The molecule has 2 aromatic carbocycles. The van der Waals surface area contributed by atoms with Crippen LogP contribution in [-0.4, -0.2) is 13.2 Å². The van der Waals surface area contributed by atoms with E-state index in [0.29, 0.717) is 28.3 Å². The summed E-state index contributed by atoms with van der Waals surface area (Å²) in [4.78, 5) is 0. The molecule has 106 valence electrons. The lowest BCUT2D eigenvalue weighted by Crippen LogP contribution is -2.09. The summed E-state index contributed by atoms with van der Waals surface area (Å²) < 4.78 is 24.8. The van der Waals surface area contributed by atoms with Crippen molar-refractivity contribution >= 4 is 33.2 Å². The lowest BCUT2D eigenvalue weighted by atomic mass is 10.3. The van der Waals surface area contributed by atoms with Gasteiger partial charge in [0, 0.05) is 17.8 Å². The van der Waals surface area contributed by atoms with Gasteiger partial charge in [0.05, 0.1) is 9.50 Å². The third-order valence-electron chi connectivity index (χ3n) is 2.44. The van der Waals surface area contributed by atoms with Crippen molar-refractivity contribution in [1.29, 1.82) is 0 Å². The molecule has 2 aromatic rings. The third-order valence-corrected chi connectivity index (χ3v) is 3.35. The molecule has 0 atom stereocenters. The Morgan fingerprint density at radius 1 is 1.15 bits per heavy atom. The first-order valence-electron chi connectivity index (χ1n) is 5.82. The fraction of sp³-hybridized carbons (Fsp3) is 0.143. The van der Waals surface area contributed by atoms with Crippen LogP contribution in [0.2, 0.25) is 5.02 Å². The van der Waals surface area contributed by atoms with Gasteiger partial charge in [0.25, 0.3) is 0 Å². The van der Waals surface area contributed by atoms with E-state index in [4.69, 9.17) is 26.8 Å². The van der Waals surface area contributed by atoms with Gasteiger partial charge in [-0.25, -0.2) is 4.39 Å². The van der Waals surface area contributed by atoms with Gasteiger partial charge >= 0.3 is 0 Å². The highest BCUT2D eigenvalue weighted by atomic mass is 79.9. The van der Waals surface area contributed by atoms with E-state index in [9.17, 15) is 4.39 Å². The van der Waals surface area contributed by atoms with E-state index >= 15 is 0 Å². The minimum Gasteiger partial charge on any atom is -0.490 e. The number of rotatable bonds is 5. The molecule has 0 aliphatic rings. The number of hydrogen-bond acceptors (Lipinski definition) is 3. The Morgan fingerprint density at radius 3 is 2.65 bits per heavy atom. The molecule has 0 saturated carbocycles. The van der Waals surface area contributed by atoms with Gasteiger partial charge in [0.15, 0.2) is 0 Å². The van der Waals surface area contributed by atoms with Gasteiger partial charge in [-0.15, -0.1) is 0 Å². The zero-order valence-electron chi connectivity index (χ0n) is 10.4. The molecule has 0 unspecified atom stereocenters. The van der Waals surface area contributed by atoms with Crippen molar-refractivity contribution in [2.75, 3.05) is 18.9 Å². The summed E-state index contributed by atoms with van der Waals surface area (Å²) in [6.45, 7) is 0.592. The van der Waals surface area contributed by atoms with E-state index in [2.05, 4.69) is 15.9 Å². The molecule has 20 heavy (non-hydrogen) atoms. The molecule has 0 aromatic heterocycles. The van der Waals surface area contributed by atoms with Crippen LogP contribution in [0.5, 0.6) is 11.5 Å². The molecule has 0 aliphatic heterocycles. The summed E-state index contributed by atoms with van der Waals surface area (Å²) in [5, 5.41) is 0.0419. The van der Waals surface area contributed by atoms with Crippen molar-refractivity contribution in [2.45, 2.75) is 0 Å². The average molecular weight is 361 g/mol. The minimum absolute atomic E-state index is 0.0419. The van der Waals surface area contributed by atoms with Crippen molar-refractivity contribution in [3.8, 4) is 11.5 Å². The van der Waals surface area contributed by atoms with Crippen LogP contribution in [0.3, 0.4) is 0 Å². The highest BCUT2D eigenvalue weighted by Gasteiger charge is 2.07.